The Labute approximate surface area is 101 Å². The van der Waals surface area contributed by atoms with Crippen LogP contribution in [0.5, 0.6) is 0 Å². The molecule has 1 atom stereocenters. The Morgan fingerprint density at radius 3 is 2.65 bits per heavy atom. The van der Waals surface area contributed by atoms with Gasteiger partial charge >= 0.3 is 0 Å². The first-order chi connectivity index (χ1) is 7.73. The average molecular weight is 258 g/mol. The van der Waals surface area contributed by atoms with Gasteiger partial charge < -0.3 is 10.3 Å². The highest BCUT2D eigenvalue weighted by Gasteiger charge is 2.39. The van der Waals surface area contributed by atoms with Crippen LogP contribution in [-0.4, -0.2) is 35.5 Å². The van der Waals surface area contributed by atoms with Crippen molar-refractivity contribution < 1.29 is 8.42 Å². The van der Waals surface area contributed by atoms with Crippen LogP contribution in [0.25, 0.3) is 0 Å². The highest BCUT2D eigenvalue weighted by Crippen LogP contribution is 2.29. The van der Waals surface area contributed by atoms with E-state index >= 15 is 0 Å². The average Bonchev–Trinajstić information content (AvgIpc) is 2.58. The minimum absolute atomic E-state index is 0.0487. The van der Waals surface area contributed by atoms with Crippen molar-refractivity contribution in [2.45, 2.75) is 44.0 Å². The number of nitrogens with two attached hydrogens (primary N) is 1. The fourth-order valence-electron chi connectivity index (χ4n) is 1.96. The van der Waals surface area contributed by atoms with E-state index in [4.69, 9.17) is 5.73 Å². The van der Waals surface area contributed by atoms with Crippen molar-refractivity contribution in [3.63, 3.8) is 0 Å². The molecule has 0 aliphatic carbocycles. The summed E-state index contributed by atoms with van der Waals surface area (Å²) in [5, 5.41) is 8.11. The monoisotopic (exact) mass is 258 g/mol. The molecular formula is C10H18N4O2S. The van der Waals surface area contributed by atoms with Crippen LogP contribution in [0.3, 0.4) is 0 Å². The van der Waals surface area contributed by atoms with Crippen LogP contribution in [0.1, 0.15) is 31.9 Å². The second kappa shape index (κ2) is 3.78. The van der Waals surface area contributed by atoms with E-state index in [1.807, 2.05) is 4.57 Å². The van der Waals surface area contributed by atoms with E-state index in [1.165, 1.54) is 6.26 Å². The molecule has 2 rings (SSSR count). The summed E-state index contributed by atoms with van der Waals surface area (Å²) in [7, 11) is -3.24. The van der Waals surface area contributed by atoms with Gasteiger partial charge in [0.05, 0.1) is 0 Å². The molecule has 6 nitrogen and oxygen atoms in total. The maximum Gasteiger partial charge on any atom is 0.159 e. The number of fused-ring (bicyclic) bond motifs is 1. The van der Waals surface area contributed by atoms with Crippen LogP contribution < -0.4 is 5.73 Å². The zero-order valence-electron chi connectivity index (χ0n) is 10.3. The molecule has 1 aromatic heterocycles. The van der Waals surface area contributed by atoms with E-state index in [0.717, 1.165) is 18.7 Å². The number of hydrogen-bond donors (Lipinski definition) is 1. The minimum atomic E-state index is -3.24. The lowest BCUT2D eigenvalue weighted by Gasteiger charge is -2.26. The summed E-state index contributed by atoms with van der Waals surface area (Å²) in [4.78, 5) is 0. The molecule has 0 aromatic carbocycles. The predicted molar refractivity (Wildman–Crippen MR) is 64.2 cm³/mol. The van der Waals surface area contributed by atoms with Crippen molar-refractivity contribution in [2.75, 3.05) is 6.26 Å². The molecule has 1 aromatic rings. The van der Waals surface area contributed by atoms with E-state index in [2.05, 4.69) is 10.2 Å². The first-order valence-corrected chi connectivity index (χ1v) is 7.50. The molecule has 0 bridgehead atoms. The number of hydrogen-bond acceptors (Lipinski definition) is 5. The molecule has 0 fully saturated rings. The summed E-state index contributed by atoms with van der Waals surface area (Å²) < 4.78 is 24.4. The molecule has 0 saturated heterocycles. The van der Waals surface area contributed by atoms with Gasteiger partial charge in [0.25, 0.3) is 0 Å². The summed E-state index contributed by atoms with van der Waals surface area (Å²) >= 11 is 0. The Balaban J connectivity index is 2.52. The van der Waals surface area contributed by atoms with Crippen LogP contribution in [0, 0.1) is 0 Å². The Morgan fingerprint density at radius 2 is 2.06 bits per heavy atom. The largest absolute Gasteiger partial charge is 0.326 e. The van der Waals surface area contributed by atoms with Crippen molar-refractivity contribution in [3.8, 4) is 0 Å². The van der Waals surface area contributed by atoms with Gasteiger partial charge in [0.1, 0.15) is 10.6 Å². The van der Waals surface area contributed by atoms with E-state index in [0.29, 0.717) is 12.4 Å². The van der Waals surface area contributed by atoms with Gasteiger partial charge in [0.2, 0.25) is 0 Å². The molecule has 0 amide bonds. The molecule has 17 heavy (non-hydrogen) atoms. The predicted octanol–water partition coefficient (Wildman–Crippen LogP) is -0.169. The third kappa shape index (κ3) is 1.97. The topological polar surface area (TPSA) is 90.9 Å². The Morgan fingerprint density at radius 1 is 1.41 bits per heavy atom. The Bertz CT molecular complexity index is 533. The molecule has 1 unspecified atom stereocenters. The van der Waals surface area contributed by atoms with Crippen LogP contribution in [0.4, 0.5) is 0 Å². The molecular weight excluding hydrogens is 240 g/mol. The maximum atomic E-state index is 11.8. The molecule has 96 valence electrons. The molecule has 1 aliphatic heterocycles. The molecule has 7 heteroatoms. The van der Waals surface area contributed by atoms with Crippen LogP contribution >= 0.6 is 0 Å². The van der Waals surface area contributed by atoms with Gasteiger partial charge in [-0.3, -0.25) is 0 Å². The van der Waals surface area contributed by atoms with Crippen molar-refractivity contribution in [2.24, 2.45) is 5.73 Å². The number of aryl methyl sites for hydroxylation is 1. The minimum Gasteiger partial charge on any atom is -0.326 e. The molecule has 1 aliphatic rings. The van der Waals surface area contributed by atoms with Gasteiger partial charge in [-0.05, 0) is 20.3 Å². The molecule has 2 N–H and O–H groups in total. The Kier molecular flexibility index (Phi) is 2.78. The quantitative estimate of drug-likeness (QED) is 0.795. The standard InChI is InChI=1S/C10H18N4O2S/c1-10(2,17(3,15)16)9-13-12-8-5-4-7(11)6-14(8)9/h7H,4-6,11H2,1-3H3. The van der Waals surface area contributed by atoms with Crippen molar-refractivity contribution in [1.29, 1.82) is 0 Å². The van der Waals surface area contributed by atoms with Gasteiger partial charge in [-0.25, -0.2) is 8.42 Å². The van der Waals surface area contributed by atoms with E-state index in [-0.39, 0.29) is 6.04 Å². The summed E-state index contributed by atoms with van der Waals surface area (Å²) in [5.74, 6) is 1.32. The van der Waals surface area contributed by atoms with Crippen LogP contribution in [0.15, 0.2) is 0 Å². The van der Waals surface area contributed by atoms with Gasteiger partial charge in [-0.2, -0.15) is 0 Å². The fraction of sp³-hybridized carbons (Fsp3) is 0.800. The van der Waals surface area contributed by atoms with Gasteiger partial charge in [0, 0.05) is 25.3 Å². The van der Waals surface area contributed by atoms with E-state index in [9.17, 15) is 8.42 Å². The second-order valence-corrected chi connectivity index (χ2v) is 7.70. The van der Waals surface area contributed by atoms with Gasteiger partial charge in [-0.15, -0.1) is 10.2 Å². The lowest BCUT2D eigenvalue weighted by atomic mass is 10.1. The van der Waals surface area contributed by atoms with Gasteiger partial charge in [-0.1, -0.05) is 0 Å². The normalized spacial score (nSPS) is 21.3. The Hall–Kier alpha value is -0.950. The third-order valence-corrected chi connectivity index (χ3v) is 5.49. The van der Waals surface area contributed by atoms with Crippen molar-refractivity contribution in [1.82, 2.24) is 14.8 Å². The van der Waals surface area contributed by atoms with E-state index in [1.54, 1.807) is 13.8 Å². The highest BCUT2D eigenvalue weighted by atomic mass is 32.2. The first kappa shape index (κ1) is 12.5. The number of sulfone groups is 1. The number of rotatable bonds is 2. The summed E-state index contributed by atoms with van der Waals surface area (Å²) in [6, 6.07) is 0.0487. The zero-order valence-corrected chi connectivity index (χ0v) is 11.2. The SMILES string of the molecule is CC(C)(c1nnc2n1CC(N)CC2)S(C)(=O)=O. The lowest BCUT2D eigenvalue weighted by Crippen LogP contribution is -2.37. The molecule has 0 spiro atoms. The van der Waals surface area contributed by atoms with Crippen molar-refractivity contribution in [3.05, 3.63) is 11.6 Å². The third-order valence-electron chi connectivity index (χ3n) is 3.45. The zero-order chi connectivity index (χ0) is 12.8. The first-order valence-electron chi connectivity index (χ1n) is 5.61. The number of aromatic nitrogens is 3. The van der Waals surface area contributed by atoms with Gasteiger partial charge in [0.15, 0.2) is 15.7 Å². The molecule has 0 saturated carbocycles. The second-order valence-electron chi connectivity index (χ2n) is 5.13. The molecule has 0 radical (unpaired) electrons. The smallest absolute Gasteiger partial charge is 0.159 e. The summed E-state index contributed by atoms with van der Waals surface area (Å²) in [6.07, 6.45) is 2.85. The van der Waals surface area contributed by atoms with Crippen LogP contribution in [-0.2, 0) is 27.5 Å². The van der Waals surface area contributed by atoms with Crippen LogP contribution in [0.2, 0.25) is 0 Å². The lowest BCUT2D eigenvalue weighted by molar-refractivity contribution is 0.429. The number of nitrogens with zero attached hydrogens (tertiary/aromatic N) is 3. The molecule has 2 heterocycles. The van der Waals surface area contributed by atoms with Crippen molar-refractivity contribution >= 4 is 9.84 Å². The highest BCUT2D eigenvalue weighted by molar-refractivity contribution is 7.91. The summed E-state index contributed by atoms with van der Waals surface area (Å²) in [6.45, 7) is 3.90. The summed E-state index contributed by atoms with van der Waals surface area (Å²) in [5.41, 5.74) is 5.90. The maximum absolute atomic E-state index is 11.8. The van der Waals surface area contributed by atoms with E-state index < -0.39 is 14.6 Å². The fourth-order valence-corrected chi connectivity index (χ4v) is 2.45.